The molecule has 0 saturated carbocycles. The van der Waals surface area contributed by atoms with E-state index in [4.69, 9.17) is 14.6 Å². The van der Waals surface area contributed by atoms with Crippen molar-refractivity contribution in [1.82, 2.24) is 0 Å². The molecule has 1 aromatic rings. The van der Waals surface area contributed by atoms with E-state index in [2.05, 4.69) is 6.92 Å². The lowest BCUT2D eigenvalue weighted by Gasteiger charge is -2.08. The van der Waals surface area contributed by atoms with Crippen LogP contribution in [0.5, 0.6) is 5.75 Å². The zero-order valence-electron chi connectivity index (χ0n) is 18.5. The summed E-state index contributed by atoms with van der Waals surface area (Å²) < 4.78 is 11.2. The first-order chi connectivity index (χ1) is 14.2. The Morgan fingerprint density at radius 3 is 1.76 bits per heavy atom. The normalized spacial score (nSPS) is 10.9. The number of hydrogen-bond acceptors (Lipinski definition) is 3. The fourth-order valence-electron chi connectivity index (χ4n) is 3.42. The van der Waals surface area contributed by atoms with Crippen molar-refractivity contribution in [2.24, 2.45) is 0 Å². The molecule has 0 fully saturated rings. The molecule has 1 aromatic carbocycles. The van der Waals surface area contributed by atoms with Gasteiger partial charge in [0.25, 0.3) is 0 Å². The van der Waals surface area contributed by atoms with Crippen LogP contribution in [0.3, 0.4) is 0 Å². The summed E-state index contributed by atoms with van der Waals surface area (Å²) in [6, 6.07) is 7.20. The quantitative estimate of drug-likeness (QED) is 0.242. The van der Waals surface area contributed by atoms with E-state index >= 15 is 0 Å². The molecule has 0 spiro atoms. The van der Waals surface area contributed by atoms with Crippen molar-refractivity contribution in [1.29, 1.82) is 0 Å². The van der Waals surface area contributed by atoms with Gasteiger partial charge in [0.1, 0.15) is 12.4 Å². The summed E-state index contributed by atoms with van der Waals surface area (Å²) in [6.07, 6.45) is 17.7. The molecule has 1 rings (SSSR count). The number of rotatable bonds is 20. The molecule has 0 aliphatic heterocycles. The number of carboxylic acids is 1. The standard InChI is InChI=1S/C25H42O4/c1-2-3-4-5-6-7-8-9-10-11-12-13-14-19-28-20-21-29-24-17-15-23(16-18-24)22-25(26)27/h15-18H,2-14,19-22H2,1H3,(H,26,27). The van der Waals surface area contributed by atoms with Gasteiger partial charge in [0.2, 0.25) is 0 Å². The van der Waals surface area contributed by atoms with Gasteiger partial charge in [-0.1, -0.05) is 96.1 Å². The molecule has 0 unspecified atom stereocenters. The van der Waals surface area contributed by atoms with Crippen LogP contribution in [0.4, 0.5) is 0 Å². The van der Waals surface area contributed by atoms with Gasteiger partial charge in [0.15, 0.2) is 0 Å². The van der Waals surface area contributed by atoms with E-state index in [9.17, 15) is 4.79 Å². The number of ether oxygens (including phenoxy) is 2. The Bertz CT molecular complexity index is 498. The lowest BCUT2D eigenvalue weighted by molar-refractivity contribution is -0.136. The van der Waals surface area contributed by atoms with Crippen LogP contribution in [0, 0.1) is 0 Å². The lowest BCUT2D eigenvalue weighted by Crippen LogP contribution is -2.07. The van der Waals surface area contributed by atoms with Gasteiger partial charge in [-0.3, -0.25) is 4.79 Å². The first-order valence-corrected chi connectivity index (χ1v) is 11.7. The van der Waals surface area contributed by atoms with Crippen molar-refractivity contribution >= 4 is 5.97 Å². The second-order valence-corrected chi connectivity index (χ2v) is 7.92. The minimum absolute atomic E-state index is 0.0442. The maximum atomic E-state index is 10.7. The SMILES string of the molecule is CCCCCCCCCCCCCCCOCCOc1ccc(CC(=O)O)cc1. The second kappa shape index (κ2) is 18.5. The van der Waals surface area contributed by atoms with Gasteiger partial charge < -0.3 is 14.6 Å². The minimum Gasteiger partial charge on any atom is -0.491 e. The van der Waals surface area contributed by atoms with Gasteiger partial charge in [-0.15, -0.1) is 0 Å². The smallest absolute Gasteiger partial charge is 0.307 e. The fraction of sp³-hybridized carbons (Fsp3) is 0.720. The van der Waals surface area contributed by atoms with Crippen molar-refractivity contribution < 1.29 is 19.4 Å². The Morgan fingerprint density at radius 1 is 0.724 bits per heavy atom. The molecule has 1 N–H and O–H groups in total. The molecule has 4 nitrogen and oxygen atoms in total. The van der Waals surface area contributed by atoms with E-state index in [-0.39, 0.29) is 6.42 Å². The van der Waals surface area contributed by atoms with Crippen molar-refractivity contribution in [3.05, 3.63) is 29.8 Å². The third-order valence-electron chi connectivity index (χ3n) is 5.17. The number of aliphatic carboxylic acids is 1. The predicted molar refractivity (Wildman–Crippen MR) is 120 cm³/mol. The Balaban J connectivity index is 1.80. The van der Waals surface area contributed by atoms with E-state index in [0.717, 1.165) is 24.3 Å². The fourth-order valence-corrected chi connectivity index (χ4v) is 3.42. The number of benzene rings is 1. The number of carboxylic acid groups (broad SMARTS) is 1. The predicted octanol–water partition coefficient (Wildman–Crippen LogP) is 6.80. The highest BCUT2D eigenvalue weighted by Gasteiger charge is 2.01. The van der Waals surface area contributed by atoms with Crippen LogP contribution in [-0.4, -0.2) is 30.9 Å². The maximum Gasteiger partial charge on any atom is 0.307 e. The summed E-state index contributed by atoms with van der Waals surface area (Å²) >= 11 is 0. The zero-order chi connectivity index (χ0) is 21.0. The summed E-state index contributed by atoms with van der Waals surface area (Å²) in [4.78, 5) is 10.7. The third-order valence-corrected chi connectivity index (χ3v) is 5.17. The minimum atomic E-state index is -0.819. The summed E-state index contributed by atoms with van der Waals surface area (Å²) in [5, 5.41) is 8.75. The molecular weight excluding hydrogens is 364 g/mol. The van der Waals surface area contributed by atoms with Gasteiger partial charge >= 0.3 is 5.97 Å². The molecule has 0 heterocycles. The van der Waals surface area contributed by atoms with E-state index < -0.39 is 5.97 Å². The molecule has 0 bridgehead atoms. The van der Waals surface area contributed by atoms with Crippen LogP contribution in [-0.2, 0) is 16.0 Å². The highest BCUT2D eigenvalue weighted by Crippen LogP contribution is 2.13. The van der Waals surface area contributed by atoms with E-state index in [1.807, 2.05) is 12.1 Å². The lowest BCUT2D eigenvalue weighted by atomic mass is 10.0. The van der Waals surface area contributed by atoms with Gasteiger partial charge in [-0.25, -0.2) is 0 Å². The van der Waals surface area contributed by atoms with Crippen LogP contribution in [0.25, 0.3) is 0 Å². The monoisotopic (exact) mass is 406 g/mol. The number of carbonyl (C=O) groups is 1. The van der Waals surface area contributed by atoms with E-state index in [1.54, 1.807) is 12.1 Å². The third kappa shape index (κ3) is 16.0. The molecule has 0 amide bonds. The van der Waals surface area contributed by atoms with Crippen LogP contribution >= 0.6 is 0 Å². The number of unbranched alkanes of at least 4 members (excludes halogenated alkanes) is 12. The molecule has 0 aliphatic rings. The Labute approximate surface area is 178 Å². The Hall–Kier alpha value is -1.55. The highest BCUT2D eigenvalue weighted by atomic mass is 16.5. The molecule has 0 atom stereocenters. The molecule has 4 heteroatoms. The second-order valence-electron chi connectivity index (χ2n) is 7.92. The van der Waals surface area contributed by atoms with Crippen LogP contribution < -0.4 is 4.74 Å². The molecule has 0 saturated heterocycles. The van der Waals surface area contributed by atoms with Crippen molar-refractivity contribution in [3.63, 3.8) is 0 Å². The maximum absolute atomic E-state index is 10.7. The van der Waals surface area contributed by atoms with E-state index in [1.165, 1.54) is 77.0 Å². The van der Waals surface area contributed by atoms with Crippen molar-refractivity contribution in [2.45, 2.75) is 96.8 Å². The first-order valence-electron chi connectivity index (χ1n) is 11.7. The topological polar surface area (TPSA) is 55.8 Å². The number of hydrogen-bond donors (Lipinski definition) is 1. The van der Waals surface area contributed by atoms with Crippen LogP contribution in [0.1, 0.15) is 96.0 Å². The molecule has 166 valence electrons. The molecule has 0 aromatic heterocycles. The van der Waals surface area contributed by atoms with Crippen molar-refractivity contribution in [3.8, 4) is 5.75 Å². The zero-order valence-corrected chi connectivity index (χ0v) is 18.5. The summed E-state index contributed by atoms with van der Waals surface area (Å²) in [5.41, 5.74) is 0.781. The molecular formula is C25H42O4. The van der Waals surface area contributed by atoms with E-state index in [0.29, 0.717) is 13.2 Å². The first kappa shape index (κ1) is 25.5. The van der Waals surface area contributed by atoms with Crippen molar-refractivity contribution in [2.75, 3.05) is 19.8 Å². The Kier molecular flexibility index (Phi) is 16.2. The Morgan fingerprint density at radius 2 is 1.24 bits per heavy atom. The van der Waals surface area contributed by atoms with Crippen LogP contribution in [0.15, 0.2) is 24.3 Å². The molecule has 0 radical (unpaired) electrons. The van der Waals surface area contributed by atoms with Gasteiger partial charge in [0.05, 0.1) is 13.0 Å². The average molecular weight is 407 g/mol. The molecule has 29 heavy (non-hydrogen) atoms. The van der Waals surface area contributed by atoms with Crippen LogP contribution in [0.2, 0.25) is 0 Å². The summed E-state index contributed by atoms with van der Waals surface area (Å²) in [5.74, 6) is -0.0658. The van der Waals surface area contributed by atoms with Gasteiger partial charge in [-0.05, 0) is 24.1 Å². The largest absolute Gasteiger partial charge is 0.491 e. The summed E-state index contributed by atoms with van der Waals surface area (Å²) in [7, 11) is 0. The summed E-state index contributed by atoms with van der Waals surface area (Å²) in [6.45, 7) is 4.19. The van der Waals surface area contributed by atoms with Gasteiger partial charge in [0, 0.05) is 6.61 Å². The highest BCUT2D eigenvalue weighted by molar-refractivity contribution is 5.70. The molecule has 0 aliphatic carbocycles. The average Bonchev–Trinajstić information content (AvgIpc) is 2.71. The van der Waals surface area contributed by atoms with Gasteiger partial charge in [-0.2, -0.15) is 0 Å².